The Labute approximate surface area is 123 Å². The van der Waals surface area contributed by atoms with Crippen molar-refractivity contribution in [3.05, 3.63) is 46.6 Å². The first-order valence-electron chi connectivity index (χ1n) is 6.83. The van der Waals surface area contributed by atoms with E-state index in [1.165, 1.54) is 22.4 Å². The first-order valence-corrected chi connectivity index (χ1v) is 7.71. The maximum absolute atomic E-state index is 5.85. The van der Waals surface area contributed by atoms with E-state index in [4.69, 9.17) is 5.73 Å². The Bertz CT molecular complexity index is 752. The highest BCUT2D eigenvalue weighted by molar-refractivity contribution is 7.15. The molecular weight excluding hydrogens is 266 g/mol. The molecule has 2 aromatic heterocycles. The zero-order chi connectivity index (χ0) is 14.3. The number of hydrogen-bond acceptors (Lipinski definition) is 3. The number of imidazole rings is 1. The van der Waals surface area contributed by atoms with Crippen LogP contribution >= 0.6 is 11.3 Å². The Hall–Kier alpha value is -1.65. The zero-order valence-electron chi connectivity index (χ0n) is 12.1. The van der Waals surface area contributed by atoms with Gasteiger partial charge in [-0.15, -0.1) is 11.3 Å². The maximum Gasteiger partial charge on any atom is 0.194 e. The largest absolute Gasteiger partial charge is 0.328 e. The lowest BCUT2D eigenvalue weighted by molar-refractivity contribution is 0.726. The third-order valence-electron chi connectivity index (χ3n) is 3.59. The molecule has 2 N–H and O–H groups in total. The number of aryl methyl sites for hydroxylation is 2. The molecule has 0 amide bonds. The molecule has 0 bridgehead atoms. The van der Waals surface area contributed by atoms with E-state index in [0.29, 0.717) is 0 Å². The molecule has 0 aliphatic heterocycles. The number of hydrogen-bond donors (Lipinski definition) is 1. The van der Waals surface area contributed by atoms with Crippen molar-refractivity contribution >= 4 is 16.3 Å². The SMILES string of the molecule is Cc1ccc(-c2csc3nc(CC(C)N)cn23)cc1C. The Balaban J connectivity index is 2.06. The van der Waals surface area contributed by atoms with Gasteiger partial charge in [-0.3, -0.25) is 4.40 Å². The Morgan fingerprint density at radius 3 is 2.80 bits per heavy atom. The van der Waals surface area contributed by atoms with Crippen molar-refractivity contribution in [2.24, 2.45) is 5.73 Å². The van der Waals surface area contributed by atoms with Gasteiger partial charge in [0.05, 0.1) is 11.4 Å². The van der Waals surface area contributed by atoms with Gasteiger partial charge in [-0.05, 0) is 43.5 Å². The quantitative estimate of drug-likeness (QED) is 0.799. The minimum absolute atomic E-state index is 0.143. The summed E-state index contributed by atoms with van der Waals surface area (Å²) in [5, 5.41) is 2.17. The predicted octanol–water partition coefficient (Wildman–Crippen LogP) is 3.57. The van der Waals surface area contributed by atoms with E-state index in [-0.39, 0.29) is 6.04 Å². The molecule has 0 spiro atoms. The Kier molecular flexibility index (Phi) is 3.36. The van der Waals surface area contributed by atoms with Crippen LogP contribution in [0.2, 0.25) is 0 Å². The summed E-state index contributed by atoms with van der Waals surface area (Å²) >= 11 is 1.68. The van der Waals surface area contributed by atoms with E-state index < -0.39 is 0 Å². The fourth-order valence-corrected chi connectivity index (χ4v) is 3.27. The maximum atomic E-state index is 5.85. The Morgan fingerprint density at radius 2 is 2.10 bits per heavy atom. The van der Waals surface area contributed by atoms with Gasteiger partial charge in [-0.25, -0.2) is 4.98 Å². The van der Waals surface area contributed by atoms with Gasteiger partial charge in [0.15, 0.2) is 4.96 Å². The normalized spacial score (nSPS) is 13.0. The van der Waals surface area contributed by atoms with Crippen LogP contribution in [0.5, 0.6) is 0 Å². The van der Waals surface area contributed by atoms with Crippen molar-refractivity contribution in [1.82, 2.24) is 9.38 Å². The molecule has 1 unspecified atom stereocenters. The van der Waals surface area contributed by atoms with Crippen molar-refractivity contribution in [3.63, 3.8) is 0 Å². The second-order valence-electron chi connectivity index (χ2n) is 5.49. The second-order valence-corrected chi connectivity index (χ2v) is 6.32. The lowest BCUT2D eigenvalue weighted by Crippen LogP contribution is -2.17. The molecule has 1 atom stereocenters. The summed E-state index contributed by atoms with van der Waals surface area (Å²) in [5.41, 5.74) is 12.0. The molecule has 3 rings (SSSR count). The minimum Gasteiger partial charge on any atom is -0.328 e. The van der Waals surface area contributed by atoms with E-state index in [2.05, 4.69) is 53.0 Å². The van der Waals surface area contributed by atoms with Gasteiger partial charge in [0.2, 0.25) is 0 Å². The van der Waals surface area contributed by atoms with Gasteiger partial charge >= 0.3 is 0 Å². The third kappa shape index (κ3) is 2.37. The van der Waals surface area contributed by atoms with Crippen molar-refractivity contribution in [1.29, 1.82) is 0 Å². The fourth-order valence-electron chi connectivity index (χ4n) is 2.37. The summed E-state index contributed by atoms with van der Waals surface area (Å²) in [4.78, 5) is 5.68. The second kappa shape index (κ2) is 5.04. The fraction of sp³-hybridized carbons (Fsp3) is 0.312. The van der Waals surface area contributed by atoms with E-state index in [9.17, 15) is 0 Å². The van der Waals surface area contributed by atoms with Crippen molar-refractivity contribution in [2.45, 2.75) is 33.2 Å². The van der Waals surface area contributed by atoms with E-state index in [0.717, 1.165) is 17.1 Å². The van der Waals surface area contributed by atoms with Crippen molar-refractivity contribution in [2.75, 3.05) is 0 Å². The van der Waals surface area contributed by atoms with Crippen LogP contribution in [0, 0.1) is 13.8 Å². The van der Waals surface area contributed by atoms with Crippen molar-refractivity contribution in [3.8, 4) is 11.3 Å². The molecule has 0 fully saturated rings. The highest BCUT2D eigenvalue weighted by atomic mass is 32.1. The summed E-state index contributed by atoms with van der Waals surface area (Å²) < 4.78 is 2.17. The number of thiazole rings is 1. The molecule has 20 heavy (non-hydrogen) atoms. The molecule has 0 saturated heterocycles. The number of benzene rings is 1. The van der Waals surface area contributed by atoms with Crippen LogP contribution in [0.1, 0.15) is 23.7 Å². The summed E-state index contributed by atoms with van der Waals surface area (Å²) in [6.45, 7) is 6.30. The molecule has 0 aliphatic carbocycles. The molecule has 1 aromatic carbocycles. The topological polar surface area (TPSA) is 43.3 Å². The van der Waals surface area contributed by atoms with Crippen LogP contribution in [0.3, 0.4) is 0 Å². The monoisotopic (exact) mass is 285 g/mol. The number of nitrogens with two attached hydrogens (primary N) is 1. The molecule has 0 aliphatic rings. The number of fused-ring (bicyclic) bond motifs is 1. The van der Waals surface area contributed by atoms with E-state index in [1.54, 1.807) is 11.3 Å². The smallest absolute Gasteiger partial charge is 0.194 e. The number of nitrogens with zero attached hydrogens (tertiary/aromatic N) is 2. The van der Waals surface area contributed by atoms with Crippen LogP contribution in [0.25, 0.3) is 16.2 Å². The average Bonchev–Trinajstić information content (AvgIpc) is 2.91. The van der Waals surface area contributed by atoms with Gasteiger partial charge in [0.25, 0.3) is 0 Å². The first kappa shape index (κ1) is 13.3. The van der Waals surface area contributed by atoms with Crippen LogP contribution in [0.4, 0.5) is 0 Å². The average molecular weight is 285 g/mol. The third-order valence-corrected chi connectivity index (χ3v) is 4.43. The summed E-state index contributed by atoms with van der Waals surface area (Å²) in [6, 6.07) is 6.73. The van der Waals surface area contributed by atoms with E-state index >= 15 is 0 Å². The predicted molar refractivity (Wildman–Crippen MR) is 85.3 cm³/mol. The molecular formula is C16H19N3S. The van der Waals surface area contributed by atoms with Crippen LogP contribution < -0.4 is 5.73 Å². The van der Waals surface area contributed by atoms with Gasteiger partial charge in [0.1, 0.15) is 0 Å². The van der Waals surface area contributed by atoms with Gasteiger partial charge < -0.3 is 5.73 Å². The molecule has 3 aromatic rings. The molecule has 3 nitrogen and oxygen atoms in total. The standard InChI is InChI=1S/C16H19N3S/c1-10-4-5-13(6-11(10)2)15-9-20-16-18-14(7-12(3)17)8-19(15)16/h4-6,8-9,12H,7,17H2,1-3H3. The molecule has 0 radical (unpaired) electrons. The van der Waals surface area contributed by atoms with Gasteiger partial charge in [0, 0.05) is 24.0 Å². The first-order chi connectivity index (χ1) is 9.54. The molecule has 0 saturated carbocycles. The molecule has 4 heteroatoms. The molecule has 2 heterocycles. The van der Waals surface area contributed by atoms with E-state index in [1.807, 2.05) is 6.92 Å². The van der Waals surface area contributed by atoms with Crippen LogP contribution in [-0.4, -0.2) is 15.4 Å². The van der Waals surface area contributed by atoms with Crippen LogP contribution in [0.15, 0.2) is 29.8 Å². The zero-order valence-corrected chi connectivity index (χ0v) is 12.9. The lowest BCUT2D eigenvalue weighted by Gasteiger charge is -2.04. The number of rotatable bonds is 3. The summed E-state index contributed by atoms with van der Waals surface area (Å²) in [6.07, 6.45) is 2.93. The number of aromatic nitrogens is 2. The van der Waals surface area contributed by atoms with Crippen LogP contribution in [-0.2, 0) is 6.42 Å². The van der Waals surface area contributed by atoms with Crippen molar-refractivity contribution < 1.29 is 0 Å². The summed E-state index contributed by atoms with van der Waals surface area (Å²) in [7, 11) is 0. The minimum atomic E-state index is 0.143. The lowest BCUT2D eigenvalue weighted by atomic mass is 10.0. The highest BCUT2D eigenvalue weighted by Crippen LogP contribution is 2.28. The summed E-state index contributed by atoms with van der Waals surface area (Å²) in [5.74, 6) is 0. The molecule has 104 valence electrons. The van der Waals surface area contributed by atoms with Gasteiger partial charge in [-0.1, -0.05) is 12.1 Å². The van der Waals surface area contributed by atoms with Gasteiger partial charge in [-0.2, -0.15) is 0 Å². The highest BCUT2D eigenvalue weighted by Gasteiger charge is 2.11. The Morgan fingerprint density at radius 1 is 1.30 bits per heavy atom.